The average molecular weight is 302 g/mol. The number of fused-ring (bicyclic) bond motifs is 1. The van der Waals surface area contributed by atoms with E-state index in [2.05, 4.69) is 33.9 Å². The predicted octanol–water partition coefficient (Wildman–Crippen LogP) is 4.82. The van der Waals surface area contributed by atoms with Crippen LogP contribution >= 0.6 is 15.9 Å². The predicted molar refractivity (Wildman–Crippen MR) is 76.5 cm³/mol. The van der Waals surface area contributed by atoms with E-state index in [1.165, 1.54) is 5.56 Å². The van der Waals surface area contributed by atoms with Gasteiger partial charge in [-0.3, -0.25) is 0 Å². The molecule has 90 valence electrons. The third-order valence-corrected chi connectivity index (χ3v) is 3.50. The minimum Gasteiger partial charge on any atom is -0.436 e. The summed E-state index contributed by atoms with van der Waals surface area (Å²) in [6.45, 7) is 2.12. The van der Waals surface area contributed by atoms with Crippen LogP contribution in [0.5, 0.6) is 0 Å². The van der Waals surface area contributed by atoms with Crippen LogP contribution in [0, 0.1) is 0 Å². The standard InChI is InChI=1S/C15H12BrNO/c1-2-10-4-3-5-13-14(10)18-15(17-13)11-6-8-12(16)9-7-11/h3-9H,2H2,1H3. The fraction of sp³-hybridized carbons (Fsp3) is 0.133. The molecule has 0 saturated heterocycles. The summed E-state index contributed by atoms with van der Waals surface area (Å²) in [4.78, 5) is 4.54. The second-order valence-corrected chi connectivity index (χ2v) is 5.06. The van der Waals surface area contributed by atoms with E-state index < -0.39 is 0 Å². The molecule has 3 heteroatoms. The Morgan fingerprint density at radius 3 is 2.61 bits per heavy atom. The van der Waals surface area contributed by atoms with Gasteiger partial charge in [0.1, 0.15) is 5.52 Å². The quantitative estimate of drug-likeness (QED) is 0.678. The Bertz CT molecular complexity index is 685. The minimum atomic E-state index is 0.679. The summed E-state index contributed by atoms with van der Waals surface area (Å²) in [5, 5.41) is 0. The molecule has 0 saturated carbocycles. The van der Waals surface area contributed by atoms with E-state index >= 15 is 0 Å². The lowest BCUT2D eigenvalue weighted by Gasteiger charge is -1.96. The fourth-order valence-corrected chi connectivity index (χ4v) is 2.26. The fourth-order valence-electron chi connectivity index (χ4n) is 2.00. The molecule has 0 unspecified atom stereocenters. The van der Waals surface area contributed by atoms with Gasteiger partial charge >= 0.3 is 0 Å². The molecule has 0 atom stereocenters. The molecule has 0 aliphatic rings. The van der Waals surface area contributed by atoms with Crippen LogP contribution in [0.3, 0.4) is 0 Å². The number of hydrogen-bond acceptors (Lipinski definition) is 2. The Morgan fingerprint density at radius 2 is 1.89 bits per heavy atom. The van der Waals surface area contributed by atoms with Crippen molar-refractivity contribution in [2.24, 2.45) is 0 Å². The Morgan fingerprint density at radius 1 is 1.11 bits per heavy atom. The van der Waals surface area contributed by atoms with E-state index in [0.29, 0.717) is 5.89 Å². The van der Waals surface area contributed by atoms with E-state index in [-0.39, 0.29) is 0 Å². The first kappa shape index (κ1) is 11.5. The van der Waals surface area contributed by atoms with Crippen LogP contribution in [-0.4, -0.2) is 4.98 Å². The summed E-state index contributed by atoms with van der Waals surface area (Å²) >= 11 is 3.42. The highest BCUT2D eigenvalue weighted by atomic mass is 79.9. The Hall–Kier alpha value is -1.61. The van der Waals surface area contributed by atoms with Crippen molar-refractivity contribution in [3.63, 3.8) is 0 Å². The van der Waals surface area contributed by atoms with Crippen LogP contribution in [0.25, 0.3) is 22.6 Å². The molecule has 0 radical (unpaired) electrons. The van der Waals surface area contributed by atoms with Gasteiger partial charge in [-0.05, 0) is 42.3 Å². The largest absolute Gasteiger partial charge is 0.436 e. The van der Waals surface area contributed by atoms with Gasteiger partial charge in [0.15, 0.2) is 5.58 Å². The molecule has 0 spiro atoms. The van der Waals surface area contributed by atoms with E-state index in [0.717, 1.165) is 27.6 Å². The average Bonchev–Trinajstić information content (AvgIpc) is 2.83. The molecule has 1 aromatic heterocycles. The van der Waals surface area contributed by atoms with Crippen molar-refractivity contribution in [1.29, 1.82) is 0 Å². The monoisotopic (exact) mass is 301 g/mol. The molecule has 1 heterocycles. The number of halogens is 1. The number of oxazole rings is 1. The Balaban J connectivity index is 2.16. The van der Waals surface area contributed by atoms with Gasteiger partial charge in [-0.2, -0.15) is 0 Å². The number of benzene rings is 2. The second-order valence-electron chi connectivity index (χ2n) is 4.14. The molecule has 18 heavy (non-hydrogen) atoms. The Kier molecular flexibility index (Phi) is 2.92. The molecule has 2 nitrogen and oxygen atoms in total. The topological polar surface area (TPSA) is 26.0 Å². The number of rotatable bonds is 2. The van der Waals surface area contributed by atoms with Gasteiger partial charge in [0.2, 0.25) is 5.89 Å². The number of hydrogen-bond donors (Lipinski definition) is 0. The molecule has 3 aromatic rings. The molecule has 0 fully saturated rings. The zero-order chi connectivity index (χ0) is 12.5. The smallest absolute Gasteiger partial charge is 0.227 e. The normalized spacial score (nSPS) is 11.0. The van der Waals surface area contributed by atoms with Gasteiger partial charge in [0.25, 0.3) is 0 Å². The highest BCUT2D eigenvalue weighted by Crippen LogP contribution is 2.27. The van der Waals surface area contributed by atoms with Gasteiger partial charge in [-0.15, -0.1) is 0 Å². The van der Waals surface area contributed by atoms with E-state index in [4.69, 9.17) is 4.42 Å². The lowest BCUT2D eigenvalue weighted by atomic mass is 10.1. The van der Waals surface area contributed by atoms with Gasteiger partial charge < -0.3 is 4.42 Å². The molecule has 0 bridgehead atoms. The number of para-hydroxylation sites is 1. The number of aromatic nitrogens is 1. The van der Waals surface area contributed by atoms with Crippen LogP contribution in [0.1, 0.15) is 12.5 Å². The first-order valence-electron chi connectivity index (χ1n) is 5.92. The van der Waals surface area contributed by atoms with Crippen LogP contribution < -0.4 is 0 Å². The summed E-state index contributed by atoms with van der Waals surface area (Å²) < 4.78 is 6.94. The molecule has 0 aliphatic heterocycles. The zero-order valence-electron chi connectivity index (χ0n) is 9.98. The summed E-state index contributed by atoms with van der Waals surface area (Å²) in [6, 6.07) is 14.1. The molecule has 0 amide bonds. The first-order valence-corrected chi connectivity index (χ1v) is 6.71. The summed E-state index contributed by atoms with van der Waals surface area (Å²) in [5.74, 6) is 0.679. The maximum Gasteiger partial charge on any atom is 0.227 e. The molecular formula is C15H12BrNO. The first-order chi connectivity index (χ1) is 8.78. The van der Waals surface area contributed by atoms with Crippen LogP contribution in [0.4, 0.5) is 0 Å². The van der Waals surface area contributed by atoms with Crippen LogP contribution in [0.2, 0.25) is 0 Å². The van der Waals surface area contributed by atoms with Crippen molar-refractivity contribution in [2.75, 3.05) is 0 Å². The van der Waals surface area contributed by atoms with E-state index in [9.17, 15) is 0 Å². The van der Waals surface area contributed by atoms with Crippen molar-refractivity contribution >= 4 is 27.0 Å². The van der Waals surface area contributed by atoms with Gasteiger partial charge in [-0.25, -0.2) is 4.98 Å². The third kappa shape index (κ3) is 1.95. The van der Waals surface area contributed by atoms with E-state index in [1.807, 2.05) is 36.4 Å². The summed E-state index contributed by atoms with van der Waals surface area (Å²) in [6.07, 6.45) is 0.951. The van der Waals surface area contributed by atoms with Crippen molar-refractivity contribution in [2.45, 2.75) is 13.3 Å². The van der Waals surface area contributed by atoms with Crippen molar-refractivity contribution in [3.05, 3.63) is 52.5 Å². The second kappa shape index (κ2) is 4.58. The van der Waals surface area contributed by atoms with Crippen molar-refractivity contribution in [1.82, 2.24) is 4.98 Å². The Labute approximate surface area is 114 Å². The number of nitrogens with zero attached hydrogens (tertiary/aromatic N) is 1. The maximum absolute atomic E-state index is 5.89. The highest BCUT2D eigenvalue weighted by Gasteiger charge is 2.10. The summed E-state index contributed by atoms with van der Waals surface area (Å²) in [7, 11) is 0. The molecule has 3 rings (SSSR count). The van der Waals surface area contributed by atoms with Crippen LogP contribution in [-0.2, 0) is 6.42 Å². The van der Waals surface area contributed by atoms with Crippen molar-refractivity contribution < 1.29 is 4.42 Å². The molecule has 0 N–H and O–H groups in total. The van der Waals surface area contributed by atoms with Gasteiger partial charge in [-0.1, -0.05) is 35.0 Å². The van der Waals surface area contributed by atoms with Crippen LogP contribution in [0.15, 0.2) is 51.4 Å². The minimum absolute atomic E-state index is 0.679. The lowest BCUT2D eigenvalue weighted by Crippen LogP contribution is -1.79. The van der Waals surface area contributed by atoms with Gasteiger partial charge in [0.05, 0.1) is 0 Å². The molecule has 2 aromatic carbocycles. The van der Waals surface area contributed by atoms with Gasteiger partial charge in [0, 0.05) is 10.0 Å². The third-order valence-electron chi connectivity index (χ3n) is 2.97. The van der Waals surface area contributed by atoms with E-state index in [1.54, 1.807) is 0 Å². The highest BCUT2D eigenvalue weighted by molar-refractivity contribution is 9.10. The van der Waals surface area contributed by atoms with Crippen molar-refractivity contribution in [3.8, 4) is 11.5 Å². The molecular weight excluding hydrogens is 290 g/mol. The lowest BCUT2D eigenvalue weighted by molar-refractivity contribution is 0.615. The maximum atomic E-state index is 5.89. The SMILES string of the molecule is CCc1cccc2nc(-c3ccc(Br)cc3)oc12. The zero-order valence-corrected chi connectivity index (χ0v) is 11.6. The number of aryl methyl sites for hydroxylation is 1. The summed E-state index contributed by atoms with van der Waals surface area (Å²) in [5.41, 5.74) is 4.02. The molecule has 0 aliphatic carbocycles.